The van der Waals surface area contributed by atoms with Crippen LogP contribution in [0, 0.1) is 5.82 Å². The van der Waals surface area contributed by atoms with Crippen molar-refractivity contribution in [2.24, 2.45) is 0 Å². The van der Waals surface area contributed by atoms with E-state index < -0.39 is 6.10 Å². The van der Waals surface area contributed by atoms with Crippen molar-refractivity contribution in [1.29, 1.82) is 0 Å². The normalized spacial score (nSPS) is 18.6. The van der Waals surface area contributed by atoms with Gasteiger partial charge in [-0.2, -0.15) is 0 Å². The van der Waals surface area contributed by atoms with Crippen LogP contribution in [-0.2, 0) is 11.3 Å². The monoisotopic (exact) mass is 253 g/mol. The van der Waals surface area contributed by atoms with Crippen LogP contribution in [0.15, 0.2) is 24.3 Å². The maximum absolute atomic E-state index is 13.3. The van der Waals surface area contributed by atoms with E-state index in [9.17, 15) is 9.50 Å². The molecule has 2 N–H and O–H groups in total. The molecule has 0 saturated heterocycles. The molecule has 1 aromatic carbocycles. The third-order valence-electron chi connectivity index (χ3n) is 3.29. The van der Waals surface area contributed by atoms with E-state index >= 15 is 0 Å². The van der Waals surface area contributed by atoms with Gasteiger partial charge >= 0.3 is 0 Å². The van der Waals surface area contributed by atoms with Crippen LogP contribution in [0.4, 0.5) is 4.39 Å². The van der Waals surface area contributed by atoms with Crippen molar-refractivity contribution in [3.05, 3.63) is 35.6 Å². The molecule has 0 aromatic heterocycles. The van der Waals surface area contributed by atoms with Gasteiger partial charge in [0.05, 0.1) is 19.3 Å². The zero-order valence-corrected chi connectivity index (χ0v) is 10.7. The van der Waals surface area contributed by atoms with Crippen LogP contribution in [0.1, 0.15) is 25.3 Å². The predicted octanol–water partition coefficient (Wildman–Crippen LogP) is 1.85. The Bertz CT molecular complexity index is 393. The van der Waals surface area contributed by atoms with E-state index in [1.54, 1.807) is 18.2 Å². The second-order valence-electron chi connectivity index (χ2n) is 5.20. The van der Waals surface area contributed by atoms with E-state index in [2.05, 4.69) is 12.2 Å². The number of benzene rings is 1. The van der Waals surface area contributed by atoms with Gasteiger partial charge in [0.15, 0.2) is 0 Å². The molecule has 0 aliphatic heterocycles. The lowest BCUT2D eigenvalue weighted by Gasteiger charge is -2.16. The molecule has 1 unspecified atom stereocenters. The molecule has 0 spiro atoms. The van der Waals surface area contributed by atoms with Gasteiger partial charge in [-0.25, -0.2) is 4.39 Å². The highest BCUT2D eigenvalue weighted by molar-refractivity contribution is 5.16. The summed E-state index contributed by atoms with van der Waals surface area (Å²) in [6.45, 7) is 3.08. The number of hydrogen-bond donors (Lipinski definition) is 2. The smallest absolute Gasteiger partial charge is 0.128 e. The zero-order chi connectivity index (χ0) is 13.0. The van der Waals surface area contributed by atoms with E-state index in [1.807, 2.05) is 0 Å². The molecular formula is C14H20FNO2. The van der Waals surface area contributed by atoms with Crippen LogP contribution < -0.4 is 5.32 Å². The number of rotatable bonds is 7. The van der Waals surface area contributed by atoms with Crippen molar-refractivity contribution in [1.82, 2.24) is 5.32 Å². The first-order chi connectivity index (χ1) is 8.59. The van der Waals surface area contributed by atoms with Crippen molar-refractivity contribution in [3.63, 3.8) is 0 Å². The first-order valence-electron chi connectivity index (χ1n) is 6.33. The molecule has 3 nitrogen and oxygen atoms in total. The zero-order valence-electron chi connectivity index (χ0n) is 10.7. The third kappa shape index (κ3) is 4.05. The number of hydrogen-bond acceptors (Lipinski definition) is 3. The number of β-amino-alcohol motifs (C(OH)–C–C–N with tert-alkyl or cyclic N) is 1. The molecule has 0 amide bonds. The van der Waals surface area contributed by atoms with E-state index in [0.29, 0.717) is 12.1 Å². The minimum atomic E-state index is -0.547. The molecule has 0 bridgehead atoms. The first-order valence-corrected chi connectivity index (χ1v) is 6.33. The highest BCUT2D eigenvalue weighted by atomic mass is 19.1. The topological polar surface area (TPSA) is 41.5 Å². The number of nitrogens with one attached hydrogen (secondary N) is 1. The quantitative estimate of drug-likeness (QED) is 0.779. The molecule has 1 aliphatic rings. The van der Waals surface area contributed by atoms with Gasteiger partial charge in [0.25, 0.3) is 0 Å². The number of aliphatic hydroxyl groups is 1. The van der Waals surface area contributed by atoms with Crippen molar-refractivity contribution in [2.45, 2.75) is 38.0 Å². The third-order valence-corrected chi connectivity index (χ3v) is 3.29. The standard InChI is InChI=1S/C14H20FNO2/c1-14(6-7-14)16-8-12(17)10-18-9-11-4-2-3-5-13(11)15/h2-5,12,16-17H,6-10H2,1H3. The van der Waals surface area contributed by atoms with Gasteiger partial charge in [-0.1, -0.05) is 18.2 Å². The van der Waals surface area contributed by atoms with Crippen molar-refractivity contribution in [2.75, 3.05) is 13.2 Å². The summed E-state index contributed by atoms with van der Waals surface area (Å²) in [4.78, 5) is 0. The molecule has 0 heterocycles. The molecule has 18 heavy (non-hydrogen) atoms. The highest BCUT2D eigenvalue weighted by Gasteiger charge is 2.36. The predicted molar refractivity (Wildman–Crippen MR) is 67.7 cm³/mol. The van der Waals surface area contributed by atoms with E-state index in [-0.39, 0.29) is 24.6 Å². The summed E-state index contributed by atoms with van der Waals surface area (Å²) in [5.74, 6) is -0.268. The van der Waals surface area contributed by atoms with Gasteiger partial charge < -0.3 is 15.2 Å². The maximum atomic E-state index is 13.3. The lowest BCUT2D eigenvalue weighted by Crippen LogP contribution is -2.37. The summed E-state index contributed by atoms with van der Waals surface area (Å²) in [7, 11) is 0. The van der Waals surface area contributed by atoms with Gasteiger partial charge in [0.2, 0.25) is 0 Å². The van der Waals surface area contributed by atoms with Crippen LogP contribution >= 0.6 is 0 Å². The van der Waals surface area contributed by atoms with Crippen molar-refractivity contribution >= 4 is 0 Å². The largest absolute Gasteiger partial charge is 0.389 e. The Morgan fingerprint density at radius 1 is 1.44 bits per heavy atom. The van der Waals surface area contributed by atoms with Crippen LogP contribution in [0.5, 0.6) is 0 Å². The van der Waals surface area contributed by atoms with Gasteiger partial charge in [-0.15, -0.1) is 0 Å². The minimum Gasteiger partial charge on any atom is -0.389 e. The minimum absolute atomic E-state index is 0.195. The molecule has 1 saturated carbocycles. The molecule has 100 valence electrons. The SMILES string of the molecule is CC1(NCC(O)COCc2ccccc2F)CC1. The van der Waals surface area contributed by atoms with E-state index in [0.717, 1.165) is 12.8 Å². The molecular weight excluding hydrogens is 233 g/mol. The van der Waals surface area contributed by atoms with E-state index in [4.69, 9.17) is 4.74 Å². The lowest BCUT2D eigenvalue weighted by atomic mass is 10.2. The highest BCUT2D eigenvalue weighted by Crippen LogP contribution is 2.33. The van der Waals surface area contributed by atoms with Crippen LogP contribution in [0.3, 0.4) is 0 Å². The molecule has 1 aliphatic carbocycles. The first kappa shape index (κ1) is 13.5. The van der Waals surface area contributed by atoms with Crippen molar-refractivity contribution in [3.8, 4) is 0 Å². The summed E-state index contributed by atoms with van der Waals surface area (Å²) in [6, 6.07) is 6.51. The summed E-state index contributed by atoms with van der Waals surface area (Å²) < 4.78 is 18.6. The lowest BCUT2D eigenvalue weighted by molar-refractivity contribution is 0.0264. The van der Waals surface area contributed by atoms with Crippen LogP contribution in [0.2, 0.25) is 0 Å². The van der Waals surface area contributed by atoms with Gasteiger partial charge in [-0.3, -0.25) is 0 Å². The Morgan fingerprint density at radius 3 is 2.83 bits per heavy atom. The van der Waals surface area contributed by atoms with Crippen molar-refractivity contribution < 1.29 is 14.2 Å². The Hall–Kier alpha value is -0.970. The fourth-order valence-corrected chi connectivity index (χ4v) is 1.71. The summed E-state index contributed by atoms with van der Waals surface area (Å²) >= 11 is 0. The number of halogens is 1. The summed E-state index contributed by atoms with van der Waals surface area (Å²) in [6.07, 6.45) is 1.78. The van der Waals surface area contributed by atoms with Crippen LogP contribution in [-0.4, -0.2) is 29.9 Å². The Balaban J connectivity index is 1.64. The molecule has 4 heteroatoms. The number of aliphatic hydroxyl groups excluding tert-OH is 1. The fraction of sp³-hybridized carbons (Fsp3) is 0.571. The van der Waals surface area contributed by atoms with Gasteiger partial charge in [0.1, 0.15) is 5.82 Å². The molecule has 0 radical (unpaired) electrons. The molecule has 1 fully saturated rings. The average molecular weight is 253 g/mol. The molecule has 1 aromatic rings. The Kier molecular flexibility index (Phi) is 4.32. The average Bonchev–Trinajstić information content (AvgIpc) is 3.08. The maximum Gasteiger partial charge on any atom is 0.128 e. The molecule has 1 atom stereocenters. The second-order valence-corrected chi connectivity index (χ2v) is 5.20. The Morgan fingerprint density at radius 2 is 2.17 bits per heavy atom. The van der Waals surface area contributed by atoms with Gasteiger partial charge in [-0.05, 0) is 25.8 Å². The molecule has 2 rings (SSSR count). The van der Waals surface area contributed by atoms with Gasteiger partial charge in [0, 0.05) is 17.6 Å². The summed E-state index contributed by atoms with van der Waals surface area (Å²) in [5, 5.41) is 13.0. The Labute approximate surface area is 107 Å². The fourth-order valence-electron chi connectivity index (χ4n) is 1.71. The summed E-state index contributed by atoms with van der Waals surface area (Å²) in [5.41, 5.74) is 0.735. The van der Waals surface area contributed by atoms with E-state index in [1.165, 1.54) is 6.07 Å². The number of ether oxygens (including phenoxy) is 1. The second kappa shape index (κ2) is 5.78. The van der Waals surface area contributed by atoms with Crippen LogP contribution in [0.25, 0.3) is 0 Å².